The van der Waals surface area contributed by atoms with Crippen LogP contribution in [-0.2, 0) is 14.4 Å². The lowest BCUT2D eigenvalue weighted by Gasteiger charge is -2.34. The number of amides is 2. The molecule has 1 heterocycles. The van der Waals surface area contributed by atoms with Crippen LogP contribution in [0.4, 0.5) is 0 Å². The Kier molecular flexibility index (Phi) is 3.97. The molecule has 0 unspecified atom stereocenters. The highest BCUT2D eigenvalue weighted by Gasteiger charge is 2.37. The van der Waals surface area contributed by atoms with Gasteiger partial charge in [0.15, 0.2) is 0 Å². The van der Waals surface area contributed by atoms with Crippen molar-refractivity contribution < 1.29 is 14.4 Å². The maximum absolute atomic E-state index is 11.8. The van der Waals surface area contributed by atoms with Gasteiger partial charge in [0.2, 0.25) is 17.9 Å². The number of rotatable bonds is 3. The Morgan fingerprint density at radius 2 is 1.94 bits per heavy atom. The van der Waals surface area contributed by atoms with E-state index >= 15 is 0 Å². The molecule has 0 saturated carbocycles. The molecule has 17 heavy (non-hydrogen) atoms. The predicted molar refractivity (Wildman–Crippen MR) is 61.6 cm³/mol. The highest BCUT2D eigenvalue weighted by molar-refractivity contribution is 5.98. The summed E-state index contributed by atoms with van der Waals surface area (Å²) < 4.78 is 0. The summed E-state index contributed by atoms with van der Waals surface area (Å²) >= 11 is 0. The lowest BCUT2D eigenvalue weighted by atomic mass is 9.82. The molecule has 2 amide bonds. The van der Waals surface area contributed by atoms with E-state index in [0.29, 0.717) is 18.5 Å². The maximum atomic E-state index is 11.8. The summed E-state index contributed by atoms with van der Waals surface area (Å²) in [4.78, 5) is 38.4. The molecule has 0 bridgehead atoms. The minimum absolute atomic E-state index is 0.0550. The first-order chi connectivity index (χ1) is 7.89. The molecule has 92 valence electrons. The number of isocyanates is 1. The van der Waals surface area contributed by atoms with Crippen LogP contribution in [0, 0.1) is 5.41 Å². The monoisotopic (exact) mass is 236 g/mol. The number of hydrogen-bond donors (Lipinski definition) is 0. The summed E-state index contributed by atoms with van der Waals surface area (Å²) in [5, 5.41) is 0. The quantitative estimate of drug-likeness (QED) is 0.422. The van der Waals surface area contributed by atoms with Gasteiger partial charge in [-0.05, 0) is 12.3 Å². The number of carbonyl (C=O) groups excluding carboxylic acids is 3. The largest absolute Gasteiger partial charge is 0.276 e. The van der Waals surface area contributed by atoms with Crippen LogP contribution in [0.5, 0.6) is 0 Å². The van der Waals surface area contributed by atoms with E-state index in [9.17, 15) is 14.4 Å². The molecule has 0 aliphatic carbocycles. The van der Waals surface area contributed by atoms with E-state index in [-0.39, 0.29) is 23.8 Å². The number of imide groups is 1. The topological polar surface area (TPSA) is 66.8 Å². The summed E-state index contributed by atoms with van der Waals surface area (Å²) in [5.41, 5.74) is 0.0933. The second-order valence-electron chi connectivity index (χ2n) is 4.87. The van der Waals surface area contributed by atoms with Crippen LogP contribution < -0.4 is 0 Å². The Bertz CT molecular complexity index is 397. The van der Waals surface area contributed by atoms with Gasteiger partial charge in [-0.25, -0.2) is 4.79 Å². The SMILES string of the molecule is C/C=C(\CN1C(=O)CC(C)(C)CC1=O)N=C=O. The van der Waals surface area contributed by atoms with Gasteiger partial charge in [0, 0.05) is 12.8 Å². The van der Waals surface area contributed by atoms with Gasteiger partial charge in [-0.3, -0.25) is 14.5 Å². The molecule has 0 spiro atoms. The standard InChI is InChI=1S/C12H16N2O3/c1-4-9(13-8-15)7-14-10(16)5-12(2,3)6-11(14)17/h4H,5-7H2,1-3H3/b9-4+. The average Bonchev–Trinajstić information content (AvgIpc) is 2.20. The van der Waals surface area contributed by atoms with E-state index in [1.165, 1.54) is 6.08 Å². The van der Waals surface area contributed by atoms with Gasteiger partial charge in [-0.1, -0.05) is 19.9 Å². The van der Waals surface area contributed by atoms with Crippen molar-refractivity contribution >= 4 is 17.9 Å². The number of nitrogens with zero attached hydrogens (tertiary/aromatic N) is 2. The van der Waals surface area contributed by atoms with E-state index in [1.54, 1.807) is 13.0 Å². The van der Waals surface area contributed by atoms with Gasteiger partial charge >= 0.3 is 0 Å². The van der Waals surface area contributed by atoms with Gasteiger partial charge in [0.05, 0.1) is 12.2 Å². The summed E-state index contributed by atoms with van der Waals surface area (Å²) in [6, 6.07) is 0. The molecule has 1 fully saturated rings. The highest BCUT2D eigenvalue weighted by Crippen LogP contribution is 2.31. The molecule has 5 heteroatoms. The van der Waals surface area contributed by atoms with Crippen molar-refractivity contribution in [3.8, 4) is 0 Å². The molecule has 1 rings (SSSR count). The minimum atomic E-state index is -0.283. The van der Waals surface area contributed by atoms with Gasteiger partial charge in [-0.15, -0.1) is 0 Å². The molecule has 1 aliphatic heterocycles. The summed E-state index contributed by atoms with van der Waals surface area (Å²) in [6.07, 6.45) is 3.67. The fraction of sp³-hybridized carbons (Fsp3) is 0.583. The van der Waals surface area contributed by atoms with Crippen molar-refractivity contribution in [3.05, 3.63) is 11.8 Å². The van der Waals surface area contributed by atoms with Gasteiger partial charge in [0.25, 0.3) is 0 Å². The van der Waals surface area contributed by atoms with Gasteiger partial charge in [0.1, 0.15) is 0 Å². The second-order valence-corrected chi connectivity index (χ2v) is 4.87. The van der Waals surface area contributed by atoms with Crippen LogP contribution in [0.3, 0.4) is 0 Å². The normalized spacial score (nSPS) is 20.2. The van der Waals surface area contributed by atoms with Gasteiger partial charge in [-0.2, -0.15) is 4.99 Å². The fourth-order valence-electron chi connectivity index (χ4n) is 1.80. The van der Waals surface area contributed by atoms with Crippen LogP contribution >= 0.6 is 0 Å². The zero-order valence-corrected chi connectivity index (χ0v) is 10.3. The smallest absolute Gasteiger partial charge is 0.240 e. The molecule has 0 aromatic heterocycles. The average molecular weight is 236 g/mol. The number of piperidine rings is 1. The molecule has 5 nitrogen and oxygen atoms in total. The van der Waals surface area contributed by atoms with Crippen molar-refractivity contribution in [1.82, 2.24) is 4.90 Å². The van der Waals surface area contributed by atoms with E-state index in [4.69, 9.17) is 0 Å². The Hall–Kier alpha value is -1.74. The Labute approximate surface area is 100 Å². The maximum Gasteiger partial charge on any atom is 0.240 e. The van der Waals surface area contributed by atoms with Crippen LogP contribution in [-0.4, -0.2) is 29.3 Å². The van der Waals surface area contributed by atoms with Crippen LogP contribution in [0.25, 0.3) is 0 Å². The molecule has 1 saturated heterocycles. The molecule has 1 aliphatic rings. The molecule has 0 radical (unpaired) electrons. The summed E-state index contributed by atoms with van der Waals surface area (Å²) in [5.74, 6) is -0.432. The number of carbonyl (C=O) groups is 2. The Morgan fingerprint density at radius 3 is 2.35 bits per heavy atom. The number of hydrogen-bond acceptors (Lipinski definition) is 4. The highest BCUT2D eigenvalue weighted by atomic mass is 16.2. The van der Waals surface area contributed by atoms with Crippen molar-refractivity contribution in [2.24, 2.45) is 10.4 Å². The lowest BCUT2D eigenvalue weighted by molar-refractivity contribution is -0.151. The van der Waals surface area contributed by atoms with Crippen LogP contribution in [0.1, 0.15) is 33.6 Å². The Balaban J connectivity index is 2.82. The third-order valence-electron chi connectivity index (χ3n) is 2.70. The molecular formula is C12H16N2O3. The third-order valence-corrected chi connectivity index (χ3v) is 2.70. The number of likely N-dealkylation sites (tertiary alicyclic amines) is 1. The number of aliphatic imine (C=N–C) groups is 1. The molecule has 0 atom stereocenters. The van der Waals surface area contributed by atoms with Crippen LogP contribution in [0.2, 0.25) is 0 Å². The van der Waals surface area contributed by atoms with Crippen molar-refractivity contribution in [3.63, 3.8) is 0 Å². The van der Waals surface area contributed by atoms with Crippen molar-refractivity contribution in [2.45, 2.75) is 33.6 Å². The zero-order chi connectivity index (χ0) is 13.1. The molecule has 0 aromatic carbocycles. The first kappa shape index (κ1) is 13.3. The Morgan fingerprint density at radius 1 is 1.41 bits per heavy atom. The van der Waals surface area contributed by atoms with Crippen molar-refractivity contribution in [1.29, 1.82) is 0 Å². The van der Waals surface area contributed by atoms with Gasteiger partial charge < -0.3 is 0 Å². The first-order valence-corrected chi connectivity index (χ1v) is 5.46. The van der Waals surface area contributed by atoms with E-state index in [1.807, 2.05) is 13.8 Å². The van der Waals surface area contributed by atoms with E-state index < -0.39 is 0 Å². The zero-order valence-electron chi connectivity index (χ0n) is 10.3. The second kappa shape index (κ2) is 5.06. The fourth-order valence-corrected chi connectivity index (χ4v) is 1.80. The molecule has 0 aromatic rings. The number of allylic oxidation sites excluding steroid dienone is 1. The third kappa shape index (κ3) is 3.36. The molecular weight excluding hydrogens is 220 g/mol. The van der Waals surface area contributed by atoms with Crippen molar-refractivity contribution in [2.75, 3.05) is 6.54 Å². The lowest BCUT2D eigenvalue weighted by Crippen LogP contribution is -2.46. The summed E-state index contributed by atoms with van der Waals surface area (Å²) in [7, 11) is 0. The first-order valence-electron chi connectivity index (χ1n) is 5.46. The summed E-state index contributed by atoms with van der Waals surface area (Å²) in [6.45, 7) is 5.53. The minimum Gasteiger partial charge on any atom is -0.276 e. The van der Waals surface area contributed by atoms with E-state index in [2.05, 4.69) is 4.99 Å². The van der Waals surface area contributed by atoms with Crippen LogP contribution in [0.15, 0.2) is 16.8 Å². The predicted octanol–water partition coefficient (Wildman–Crippen LogP) is 1.40. The van der Waals surface area contributed by atoms with E-state index in [0.717, 1.165) is 4.90 Å². The molecule has 0 N–H and O–H groups in total.